The quantitative estimate of drug-likeness (QED) is 0.863. The molecule has 0 aliphatic rings. The van der Waals surface area contributed by atoms with E-state index in [1.165, 1.54) is 0 Å². The minimum Gasteiger partial charge on any atom is -0.347 e. The van der Waals surface area contributed by atoms with Gasteiger partial charge in [0.25, 0.3) is 0 Å². The monoisotopic (exact) mass is 319 g/mol. The number of hydrogen-bond donors (Lipinski definition) is 0. The van der Waals surface area contributed by atoms with Crippen LogP contribution in [0.15, 0.2) is 30.5 Å². The van der Waals surface area contributed by atoms with Gasteiger partial charge in [0.15, 0.2) is 0 Å². The van der Waals surface area contributed by atoms with Gasteiger partial charge in [-0.25, -0.2) is 0 Å². The first-order chi connectivity index (χ1) is 10.3. The van der Waals surface area contributed by atoms with E-state index in [1.54, 1.807) is 23.7 Å². The van der Waals surface area contributed by atoms with Gasteiger partial charge in [0, 0.05) is 25.9 Å². The summed E-state index contributed by atoms with van der Waals surface area (Å²) in [6, 6.07) is 7.64. The molecule has 0 fully saturated rings. The van der Waals surface area contributed by atoms with E-state index in [9.17, 15) is 4.79 Å². The van der Waals surface area contributed by atoms with Gasteiger partial charge in [0.05, 0.1) is 10.7 Å². The van der Waals surface area contributed by atoms with Gasteiger partial charge in [-0.1, -0.05) is 36.7 Å². The third kappa shape index (κ3) is 2.88. The highest BCUT2D eigenvalue weighted by atomic mass is 35.5. The second-order valence-electron chi connectivity index (χ2n) is 6.04. The highest BCUT2D eigenvalue weighted by molar-refractivity contribution is 6.33. The van der Waals surface area contributed by atoms with E-state index >= 15 is 0 Å². The van der Waals surface area contributed by atoms with Crippen LogP contribution >= 0.6 is 11.6 Å². The molecule has 1 aromatic heterocycles. The molecule has 118 valence electrons. The summed E-state index contributed by atoms with van der Waals surface area (Å²) in [6.45, 7) is 5.82. The average molecular weight is 320 g/mol. The van der Waals surface area contributed by atoms with Crippen molar-refractivity contribution in [3.8, 4) is 11.3 Å². The molecular weight excluding hydrogens is 298 g/mol. The standard InChI is InChI=1S/C17H22ClN3O/c1-6-12-11-21(17(2,3)16(22)20(4)5)19-15(12)13-9-7-8-10-14(13)18/h7-11H,6H2,1-5H3. The SMILES string of the molecule is CCc1cn(C(C)(C)C(=O)N(C)C)nc1-c1ccccc1Cl. The summed E-state index contributed by atoms with van der Waals surface area (Å²) >= 11 is 6.30. The summed E-state index contributed by atoms with van der Waals surface area (Å²) in [6.07, 6.45) is 2.77. The Labute approximate surface area is 136 Å². The number of aromatic nitrogens is 2. The van der Waals surface area contributed by atoms with Crippen molar-refractivity contribution in [3.05, 3.63) is 41.0 Å². The number of benzene rings is 1. The fourth-order valence-electron chi connectivity index (χ4n) is 2.48. The van der Waals surface area contributed by atoms with Gasteiger partial charge in [-0.05, 0) is 31.9 Å². The Morgan fingerprint density at radius 1 is 1.32 bits per heavy atom. The minimum atomic E-state index is -0.743. The van der Waals surface area contributed by atoms with Crippen LogP contribution in [0.3, 0.4) is 0 Å². The van der Waals surface area contributed by atoms with E-state index < -0.39 is 5.54 Å². The number of carbonyl (C=O) groups excluding carboxylic acids is 1. The number of hydrogen-bond acceptors (Lipinski definition) is 2. The van der Waals surface area contributed by atoms with E-state index in [0.29, 0.717) is 5.02 Å². The number of halogens is 1. The fourth-order valence-corrected chi connectivity index (χ4v) is 2.71. The zero-order chi connectivity index (χ0) is 16.5. The molecule has 4 nitrogen and oxygen atoms in total. The highest BCUT2D eigenvalue weighted by Gasteiger charge is 2.33. The van der Waals surface area contributed by atoms with Crippen molar-refractivity contribution in [2.75, 3.05) is 14.1 Å². The lowest BCUT2D eigenvalue weighted by Crippen LogP contribution is -2.44. The molecule has 2 aromatic rings. The van der Waals surface area contributed by atoms with Crippen LogP contribution in [0.2, 0.25) is 5.02 Å². The van der Waals surface area contributed by atoms with Gasteiger partial charge >= 0.3 is 0 Å². The zero-order valence-corrected chi connectivity index (χ0v) is 14.5. The normalized spacial score (nSPS) is 11.5. The van der Waals surface area contributed by atoms with Crippen molar-refractivity contribution in [2.24, 2.45) is 0 Å². The summed E-state index contributed by atoms with van der Waals surface area (Å²) in [5, 5.41) is 5.34. The predicted molar refractivity (Wildman–Crippen MR) is 90.1 cm³/mol. The van der Waals surface area contributed by atoms with Crippen LogP contribution in [0.5, 0.6) is 0 Å². The molecule has 1 heterocycles. The zero-order valence-electron chi connectivity index (χ0n) is 13.7. The maximum Gasteiger partial charge on any atom is 0.249 e. The molecule has 5 heteroatoms. The Bertz CT molecular complexity index is 689. The van der Waals surface area contributed by atoms with Crippen LogP contribution < -0.4 is 0 Å². The maximum atomic E-state index is 12.4. The Kier molecular flexibility index (Phi) is 4.61. The van der Waals surface area contributed by atoms with Crippen LogP contribution in [-0.4, -0.2) is 34.7 Å². The van der Waals surface area contributed by atoms with E-state index in [0.717, 1.165) is 23.2 Å². The molecule has 0 saturated heterocycles. The number of nitrogens with zero attached hydrogens (tertiary/aromatic N) is 3. The number of carbonyl (C=O) groups is 1. The summed E-state index contributed by atoms with van der Waals surface area (Å²) in [4.78, 5) is 14.0. The lowest BCUT2D eigenvalue weighted by atomic mass is 10.0. The molecule has 0 aliphatic carbocycles. The van der Waals surface area contributed by atoms with Crippen molar-refractivity contribution in [1.82, 2.24) is 14.7 Å². The number of likely N-dealkylation sites (N-methyl/N-ethyl adjacent to an activating group) is 1. The molecule has 0 radical (unpaired) electrons. The van der Waals surface area contributed by atoms with Crippen LogP contribution in [0.25, 0.3) is 11.3 Å². The van der Waals surface area contributed by atoms with Crippen LogP contribution in [0.4, 0.5) is 0 Å². The van der Waals surface area contributed by atoms with Gasteiger partial charge in [0.2, 0.25) is 5.91 Å². The lowest BCUT2D eigenvalue weighted by molar-refractivity contribution is -0.137. The Morgan fingerprint density at radius 3 is 2.50 bits per heavy atom. The molecule has 0 saturated carbocycles. The molecule has 0 aliphatic heterocycles. The largest absolute Gasteiger partial charge is 0.347 e. The predicted octanol–water partition coefficient (Wildman–Crippen LogP) is 3.59. The van der Waals surface area contributed by atoms with E-state index in [2.05, 4.69) is 12.0 Å². The van der Waals surface area contributed by atoms with E-state index in [1.807, 2.05) is 44.3 Å². The Balaban J connectivity index is 2.55. The van der Waals surface area contributed by atoms with Crippen molar-refractivity contribution < 1.29 is 4.79 Å². The molecule has 0 unspecified atom stereocenters. The molecule has 1 aromatic carbocycles. The van der Waals surface area contributed by atoms with Gasteiger partial charge < -0.3 is 4.90 Å². The first-order valence-electron chi connectivity index (χ1n) is 7.34. The smallest absolute Gasteiger partial charge is 0.249 e. The summed E-state index contributed by atoms with van der Waals surface area (Å²) in [5.41, 5.74) is 2.07. The van der Waals surface area contributed by atoms with Gasteiger partial charge in [0.1, 0.15) is 5.54 Å². The fraction of sp³-hybridized carbons (Fsp3) is 0.412. The molecule has 0 N–H and O–H groups in total. The first-order valence-corrected chi connectivity index (χ1v) is 7.72. The first kappa shape index (κ1) is 16.6. The van der Waals surface area contributed by atoms with Crippen molar-refractivity contribution in [2.45, 2.75) is 32.7 Å². The van der Waals surface area contributed by atoms with E-state index in [-0.39, 0.29) is 5.91 Å². The number of amides is 1. The summed E-state index contributed by atoms with van der Waals surface area (Å²) in [7, 11) is 3.51. The highest BCUT2D eigenvalue weighted by Crippen LogP contribution is 2.31. The van der Waals surface area contributed by atoms with Crippen LogP contribution in [-0.2, 0) is 16.8 Å². The van der Waals surface area contributed by atoms with Gasteiger partial charge in [-0.3, -0.25) is 9.48 Å². The molecule has 0 spiro atoms. The van der Waals surface area contributed by atoms with Crippen molar-refractivity contribution in [3.63, 3.8) is 0 Å². The van der Waals surface area contributed by atoms with Gasteiger partial charge in [-0.2, -0.15) is 5.10 Å². The summed E-state index contributed by atoms with van der Waals surface area (Å²) in [5.74, 6) is 0.00311. The molecular formula is C17H22ClN3O. The van der Waals surface area contributed by atoms with E-state index in [4.69, 9.17) is 11.6 Å². The number of rotatable bonds is 4. The van der Waals surface area contributed by atoms with Crippen molar-refractivity contribution in [1.29, 1.82) is 0 Å². The third-order valence-electron chi connectivity index (χ3n) is 3.80. The third-order valence-corrected chi connectivity index (χ3v) is 4.13. The second kappa shape index (κ2) is 6.13. The molecule has 2 rings (SSSR count). The Morgan fingerprint density at radius 2 is 1.95 bits per heavy atom. The second-order valence-corrected chi connectivity index (χ2v) is 6.45. The van der Waals surface area contributed by atoms with Crippen LogP contribution in [0.1, 0.15) is 26.3 Å². The lowest BCUT2D eigenvalue weighted by Gasteiger charge is -2.27. The minimum absolute atomic E-state index is 0.00311. The van der Waals surface area contributed by atoms with Crippen LogP contribution in [0, 0.1) is 0 Å². The van der Waals surface area contributed by atoms with Gasteiger partial charge in [-0.15, -0.1) is 0 Å². The molecule has 0 bridgehead atoms. The molecule has 22 heavy (non-hydrogen) atoms. The molecule has 1 amide bonds. The maximum absolute atomic E-state index is 12.4. The summed E-state index contributed by atoms with van der Waals surface area (Å²) < 4.78 is 1.74. The molecule has 0 atom stereocenters. The topological polar surface area (TPSA) is 38.1 Å². The Hall–Kier alpha value is -1.81. The number of aryl methyl sites for hydroxylation is 1. The average Bonchev–Trinajstić information content (AvgIpc) is 2.91. The van der Waals surface area contributed by atoms with Crippen molar-refractivity contribution >= 4 is 17.5 Å².